The Morgan fingerprint density at radius 2 is 1.95 bits per heavy atom. The summed E-state index contributed by atoms with van der Waals surface area (Å²) in [5.74, 6) is 1.56. The van der Waals surface area contributed by atoms with Crippen molar-refractivity contribution in [2.75, 3.05) is 6.61 Å². The zero-order valence-corrected chi connectivity index (χ0v) is 14.5. The predicted molar refractivity (Wildman–Crippen MR) is 89.3 cm³/mol. The first kappa shape index (κ1) is 17.7. The lowest BCUT2D eigenvalue weighted by Crippen LogP contribution is -2.13. The maximum Gasteiger partial charge on any atom is 0.129 e. The summed E-state index contributed by atoms with van der Waals surface area (Å²) in [4.78, 5) is 11.2. The fourth-order valence-electron chi connectivity index (χ4n) is 2.32. The molecule has 0 bridgehead atoms. The molecule has 1 aromatic rings. The zero-order chi connectivity index (χ0) is 16.0. The van der Waals surface area contributed by atoms with Gasteiger partial charge in [0.2, 0.25) is 0 Å². The van der Waals surface area contributed by atoms with Gasteiger partial charge in [0, 0.05) is 6.42 Å². The minimum absolute atomic E-state index is 0.123. The van der Waals surface area contributed by atoms with Crippen LogP contribution in [-0.2, 0) is 10.2 Å². The molecule has 0 aliphatic rings. The van der Waals surface area contributed by atoms with E-state index in [0.717, 1.165) is 25.2 Å². The van der Waals surface area contributed by atoms with Gasteiger partial charge >= 0.3 is 0 Å². The molecular formula is C19H30O2. The summed E-state index contributed by atoms with van der Waals surface area (Å²) in [5, 5.41) is 0. The zero-order valence-electron chi connectivity index (χ0n) is 14.5. The largest absolute Gasteiger partial charge is 0.493 e. The number of benzene rings is 1. The van der Waals surface area contributed by atoms with Crippen molar-refractivity contribution < 1.29 is 9.53 Å². The van der Waals surface area contributed by atoms with Gasteiger partial charge in [-0.05, 0) is 48.3 Å². The van der Waals surface area contributed by atoms with Gasteiger partial charge in [0.15, 0.2) is 0 Å². The second-order valence-corrected chi connectivity index (χ2v) is 6.99. The van der Waals surface area contributed by atoms with Crippen LogP contribution in [0, 0.1) is 0 Å². The highest BCUT2D eigenvalue weighted by molar-refractivity contribution is 5.75. The molecule has 0 saturated carbocycles. The third-order valence-electron chi connectivity index (χ3n) is 3.80. The maximum atomic E-state index is 11.2. The van der Waals surface area contributed by atoms with Crippen LogP contribution in [0.25, 0.3) is 0 Å². The number of rotatable bonds is 7. The van der Waals surface area contributed by atoms with Crippen molar-refractivity contribution in [2.45, 2.75) is 72.1 Å². The molecule has 0 N–H and O–H groups in total. The van der Waals surface area contributed by atoms with Crippen molar-refractivity contribution in [1.29, 1.82) is 0 Å². The Hall–Kier alpha value is -1.31. The van der Waals surface area contributed by atoms with Crippen molar-refractivity contribution in [3.63, 3.8) is 0 Å². The van der Waals surface area contributed by atoms with Crippen LogP contribution in [0.5, 0.6) is 5.75 Å². The lowest BCUT2D eigenvalue weighted by molar-refractivity contribution is -0.117. The second-order valence-electron chi connectivity index (χ2n) is 6.99. The summed E-state index contributed by atoms with van der Waals surface area (Å²) < 4.78 is 5.90. The Labute approximate surface area is 129 Å². The van der Waals surface area contributed by atoms with E-state index >= 15 is 0 Å². The maximum absolute atomic E-state index is 11.2. The molecule has 0 heterocycles. The fraction of sp³-hybridized carbons (Fsp3) is 0.632. The van der Waals surface area contributed by atoms with Crippen LogP contribution in [0.15, 0.2) is 18.2 Å². The SMILES string of the molecule is CCCOc1ccc(C(C)(C)C)cc1C(C)CCC(C)=O. The van der Waals surface area contributed by atoms with Crippen molar-refractivity contribution >= 4 is 5.78 Å². The number of hydrogen-bond acceptors (Lipinski definition) is 2. The summed E-state index contributed by atoms with van der Waals surface area (Å²) in [7, 11) is 0. The molecule has 2 heteroatoms. The van der Waals surface area contributed by atoms with E-state index in [1.54, 1.807) is 6.92 Å². The van der Waals surface area contributed by atoms with Crippen molar-refractivity contribution in [1.82, 2.24) is 0 Å². The quantitative estimate of drug-likeness (QED) is 0.686. The van der Waals surface area contributed by atoms with E-state index in [4.69, 9.17) is 4.74 Å². The van der Waals surface area contributed by atoms with Crippen LogP contribution < -0.4 is 4.74 Å². The standard InChI is InChI=1S/C19H30O2/c1-7-12-21-18-11-10-16(19(4,5)6)13-17(18)14(2)8-9-15(3)20/h10-11,13-14H,7-9,12H2,1-6H3. The highest BCUT2D eigenvalue weighted by Gasteiger charge is 2.19. The van der Waals surface area contributed by atoms with Gasteiger partial charge in [-0.3, -0.25) is 0 Å². The van der Waals surface area contributed by atoms with Gasteiger partial charge in [-0.1, -0.05) is 46.8 Å². The van der Waals surface area contributed by atoms with Crippen LogP contribution in [0.2, 0.25) is 0 Å². The van der Waals surface area contributed by atoms with Crippen molar-refractivity contribution in [3.05, 3.63) is 29.3 Å². The lowest BCUT2D eigenvalue weighted by Gasteiger charge is -2.23. The molecule has 0 saturated heterocycles. The molecule has 0 aliphatic carbocycles. The molecule has 0 aliphatic heterocycles. The van der Waals surface area contributed by atoms with Crippen LogP contribution >= 0.6 is 0 Å². The Balaban J connectivity index is 3.06. The number of carbonyl (C=O) groups is 1. The van der Waals surface area contributed by atoms with Gasteiger partial charge in [0.05, 0.1) is 6.61 Å². The Bertz CT molecular complexity index is 469. The predicted octanol–water partition coefficient (Wildman–Crippen LogP) is 5.25. The highest BCUT2D eigenvalue weighted by Crippen LogP contribution is 2.34. The van der Waals surface area contributed by atoms with E-state index in [2.05, 4.69) is 52.8 Å². The first-order valence-electron chi connectivity index (χ1n) is 8.02. The summed E-state index contributed by atoms with van der Waals surface area (Å²) in [5.41, 5.74) is 2.67. The molecule has 21 heavy (non-hydrogen) atoms. The van der Waals surface area contributed by atoms with Gasteiger partial charge in [0.1, 0.15) is 11.5 Å². The summed E-state index contributed by atoms with van der Waals surface area (Å²) in [6.07, 6.45) is 2.52. The summed E-state index contributed by atoms with van der Waals surface area (Å²) in [6, 6.07) is 6.51. The molecule has 1 atom stereocenters. The normalized spacial score (nSPS) is 13.0. The molecule has 0 aromatic heterocycles. The highest BCUT2D eigenvalue weighted by atomic mass is 16.5. The average molecular weight is 290 g/mol. The Kier molecular flexibility index (Phi) is 6.44. The summed E-state index contributed by atoms with van der Waals surface area (Å²) >= 11 is 0. The molecule has 0 spiro atoms. The van der Waals surface area contributed by atoms with Crippen molar-refractivity contribution in [2.24, 2.45) is 0 Å². The first-order chi connectivity index (χ1) is 9.75. The number of ketones is 1. The molecule has 118 valence electrons. The average Bonchev–Trinajstić information content (AvgIpc) is 2.41. The molecule has 0 amide bonds. The second kappa shape index (κ2) is 7.63. The van der Waals surface area contributed by atoms with Gasteiger partial charge in [-0.15, -0.1) is 0 Å². The molecule has 0 fully saturated rings. The number of carbonyl (C=O) groups excluding carboxylic acids is 1. The van der Waals surface area contributed by atoms with Gasteiger partial charge in [0.25, 0.3) is 0 Å². The number of hydrogen-bond donors (Lipinski definition) is 0. The van der Waals surface area contributed by atoms with E-state index in [0.29, 0.717) is 12.3 Å². The van der Waals surface area contributed by atoms with E-state index in [9.17, 15) is 4.79 Å². The van der Waals surface area contributed by atoms with Gasteiger partial charge in [-0.25, -0.2) is 0 Å². The monoisotopic (exact) mass is 290 g/mol. The minimum atomic E-state index is 0.123. The van der Waals surface area contributed by atoms with E-state index in [1.807, 2.05) is 0 Å². The third kappa shape index (κ3) is 5.53. The van der Waals surface area contributed by atoms with E-state index in [1.165, 1.54) is 11.1 Å². The minimum Gasteiger partial charge on any atom is -0.493 e. The fourth-order valence-corrected chi connectivity index (χ4v) is 2.32. The third-order valence-corrected chi connectivity index (χ3v) is 3.80. The Morgan fingerprint density at radius 3 is 2.48 bits per heavy atom. The molecule has 2 nitrogen and oxygen atoms in total. The number of ether oxygens (including phenoxy) is 1. The lowest BCUT2D eigenvalue weighted by atomic mass is 9.83. The molecule has 0 radical (unpaired) electrons. The number of Topliss-reactive ketones (excluding diaryl/α,β-unsaturated/α-hetero) is 1. The van der Waals surface area contributed by atoms with Crippen LogP contribution in [0.1, 0.15) is 77.8 Å². The molecule has 1 unspecified atom stereocenters. The molecule has 1 rings (SSSR count). The molecule has 1 aromatic carbocycles. The van der Waals surface area contributed by atoms with E-state index in [-0.39, 0.29) is 11.2 Å². The Morgan fingerprint density at radius 1 is 1.29 bits per heavy atom. The van der Waals surface area contributed by atoms with Crippen LogP contribution in [-0.4, -0.2) is 12.4 Å². The topological polar surface area (TPSA) is 26.3 Å². The van der Waals surface area contributed by atoms with Gasteiger partial charge < -0.3 is 9.53 Å². The first-order valence-corrected chi connectivity index (χ1v) is 8.02. The van der Waals surface area contributed by atoms with Gasteiger partial charge in [-0.2, -0.15) is 0 Å². The van der Waals surface area contributed by atoms with Crippen LogP contribution in [0.3, 0.4) is 0 Å². The molecular weight excluding hydrogens is 260 g/mol. The summed E-state index contributed by atoms with van der Waals surface area (Å²) in [6.45, 7) is 13.4. The van der Waals surface area contributed by atoms with Crippen molar-refractivity contribution in [3.8, 4) is 5.75 Å². The van der Waals surface area contributed by atoms with E-state index < -0.39 is 0 Å². The smallest absolute Gasteiger partial charge is 0.129 e. The van der Waals surface area contributed by atoms with Crippen LogP contribution in [0.4, 0.5) is 0 Å².